The first kappa shape index (κ1) is 15.5. The number of fused-ring (bicyclic) bond motifs is 1. The second-order valence-electron chi connectivity index (χ2n) is 4.79. The molecule has 21 heavy (non-hydrogen) atoms. The quantitative estimate of drug-likeness (QED) is 0.527. The van der Waals surface area contributed by atoms with E-state index in [1.807, 2.05) is 18.2 Å². The Morgan fingerprint density at radius 2 is 2.19 bits per heavy atom. The number of methoxy groups -OCH3 is 1. The second-order valence-corrected chi connectivity index (χ2v) is 4.79. The molecule has 4 N–H and O–H groups in total. The summed E-state index contributed by atoms with van der Waals surface area (Å²) in [5.41, 5.74) is 4.49. The number of nitrogens with one attached hydrogen (secondary N) is 1. The molecule has 0 fully saturated rings. The fraction of sp³-hybridized carbons (Fsp3) is 0.400. The van der Waals surface area contributed by atoms with Crippen molar-refractivity contribution in [2.75, 3.05) is 32.2 Å². The number of pyridine rings is 1. The Labute approximate surface area is 124 Å². The van der Waals surface area contributed by atoms with Gasteiger partial charge in [0.15, 0.2) is 0 Å². The van der Waals surface area contributed by atoms with Crippen LogP contribution in [0.1, 0.15) is 12.5 Å². The zero-order valence-corrected chi connectivity index (χ0v) is 12.5. The van der Waals surface area contributed by atoms with Crippen LogP contribution in [-0.4, -0.2) is 41.8 Å². The van der Waals surface area contributed by atoms with Crippen LogP contribution in [-0.2, 0) is 6.54 Å². The van der Waals surface area contributed by atoms with Gasteiger partial charge in [-0.3, -0.25) is 4.90 Å². The third-order valence-electron chi connectivity index (χ3n) is 3.50. The van der Waals surface area contributed by atoms with Gasteiger partial charge in [0.25, 0.3) is 0 Å². The Morgan fingerprint density at radius 1 is 1.38 bits per heavy atom. The van der Waals surface area contributed by atoms with E-state index in [-0.39, 0.29) is 6.61 Å². The van der Waals surface area contributed by atoms with E-state index in [2.05, 4.69) is 28.3 Å². The number of anilines is 1. The topological polar surface area (TPSA) is 83.6 Å². The lowest BCUT2D eigenvalue weighted by Crippen LogP contribution is -2.27. The van der Waals surface area contributed by atoms with E-state index < -0.39 is 0 Å². The van der Waals surface area contributed by atoms with Crippen LogP contribution in [0.4, 0.5) is 5.82 Å². The summed E-state index contributed by atoms with van der Waals surface area (Å²) in [6.07, 6.45) is 0. The highest BCUT2D eigenvalue weighted by Crippen LogP contribution is 2.24. The summed E-state index contributed by atoms with van der Waals surface area (Å²) < 4.78 is 5.21. The van der Waals surface area contributed by atoms with E-state index in [1.165, 1.54) is 0 Å². The summed E-state index contributed by atoms with van der Waals surface area (Å²) in [6, 6.07) is 7.84. The number of nitrogens with zero attached hydrogens (tertiary/aromatic N) is 2. The maximum atomic E-state index is 9.09. The third kappa shape index (κ3) is 3.60. The monoisotopic (exact) mass is 290 g/mol. The molecule has 0 atom stereocenters. The van der Waals surface area contributed by atoms with Gasteiger partial charge in [-0.1, -0.05) is 6.92 Å². The summed E-state index contributed by atoms with van der Waals surface area (Å²) in [5.74, 6) is 7.00. The van der Waals surface area contributed by atoms with Crippen molar-refractivity contribution in [1.29, 1.82) is 0 Å². The first-order chi connectivity index (χ1) is 10.2. The van der Waals surface area contributed by atoms with Crippen LogP contribution in [0.3, 0.4) is 0 Å². The van der Waals surface area contributed by atoms with Crippen LogP contribution in [0.5, 0.6) is 5.75 Å². The summed E-state index contributed by atoms with van der Waals surface area (Å²) in [5, 5.41) is 10.1. The lowest BCUT2D eigenvalue weighted by atomic mass is 10.1. The molecule has 0 saturated heterocycles. The average molecular weight is 290 g/mol. The van der Waals surface area contributed by atoms with Gasteiger partial charge in [0.05, 0.1) is 19.2 Å². The third-order valence-corrected chi connectivity index (χ3v) is 3.50. The van der Waals surface area contributed by atoms with Gasteiger partial charge in [0.1, 0.15) is 11.6 Å². The number of aliphatic hydroxyl groups excluding tert-OH is 1. The number of rotatable bonds is 7. The lowest BCUT2D eigenvalue weighted by molar-refractivity contribution is 0.197. The highest BCUT2D eigenvalue weighted by molar-refractivity contribution is 5.83. The van der Waals surface area contributed by atoms with Gasteiger partial charge in [-0.05, 0) is 24.7 Å². The second kappa shape index (κ2) is 7.21. The van der Waals surface area contributed by atoms with Crippen LogP contribution in [0.15, 0.2) is 24.3 Å². The van der Waals surface area contributed by atoms with Crippen molar-refractivity contribution in [2.24, 2.45) is 5.84 Å². The van der Waals surface area contributed by atoms with E-state index in [0.717, 1.165) is 28.8 Å². The van der Waals surface area contributed by atoms with Gasteiger partial charge in [0.2, 0.25) is 0 Å². The number of aromatic nitrogens is 1. The summed E-state index contributed by atoms with van der Waals surface area (Å²) in [6.45, 7) is 4.36. The van der Waals surface area contributed by atoms with Crippen LogP contribution in [0.2, 0.25) is 0 Å². The number of benzene rings is 1. The number of hydrogen-bond donors (Lipinski definition) is 3. The fourth-order valence-electron chi connectivity index (χ4n) is 2.29. The van der Waals surface area contributed by atoms with Crippen molar-refractivity contribution >= 4 is 16.7 Å². The van der Waals surface area contributed by atoms with Crippen LogP contribution < -0.4 is 16.0 Å². The molecule has 0 aliphatic carbocycles. The summed E-state index contributed by atoms with van der Waals surface area (Å²) >= 11 is 0. The Kier molecular flexibility index (Phi) is 5.32. The van der Waals surface area contributed by atoms with E-state index in [4.69, 9.17) is 15.7 Å². The number of nitrogens with two attached hydrogens (primary N) is 1. The van der Waals surface area contributed by atoms with Crippen molar-refractivity contribution in [3.05, 3.63) is 29.8 Å². The Bertz CT molecular complexity index is 603. The largest absolute Gasteiger partial charge is 0.497 e. The summed E-state index contributed by atoms with van der Waals surface area (Å²) in [7, 11) is 1.63. The Balaban J connectivity index is 2.38. The molecule has 114 valence electrons. The molecular weight excluding hydrogens is 268 g/mol. The molecule has 0 saturated carbocycles. The van der Waals surface area contributed by atoms with E-state index in [1.54, 1.807) is 7.11 Å². The molecule has 0 spiro atoms. The molecule has 1 aromatic carbocycles. The Hall–Kier alpha value is -1.89. The lowest BCUT2D eigenvalue weighted by Gasteiger charge is -2.20. The molecule has 0 aliphatic rings. The number of hydrogen-bond acceptors (Lipinski definition) is 6. The van der Waals surface area contributed by atoms with Crippen molar-refractivity contribution in [3.8, 4) is 5.75 Å². The fourth-order valence-corrected chi connectivity index (χ4v) is 2.29. The Morgan fingerprint density at radius 3 is 2.81 bits per heavy atom. The van der Waals surface area contributed by atoms with Crippen molar-refractivity contribution in [2.45, 2.75) is 13.5 Å². The van der Waals surface area contributed by atoms with Crippen LogP contribution >= 0.6 is 0 Å². The molecule has 1 aromatic heterocycles. The number of ether oxygens (including phenoxy) is 1. The predicted molar refractivity (Wildman–Crippen MR) is 84.1 cm³/mol. The standard InChI is InChI=1S/C15H22N4O2/c1-3-19(6-7-20)10-12-8-11-4-5-13(21-2)9-14(11)17-15(12)18-16/h4-5,8-9,20H,3,6-7,10,16H2,1-2H3,(H,17,18). The molecule has 2 aromatic rings. The van der Waals surface area contributed by atoms with E-state index in [9.17, 15) is 0 Å². The number of likely N-dealkylation sites (N-methyl/N-ethyl adjacent to an activating group) is 1. The zero-order chi connectivity index (χ0) is 15.2. The first-order valence-electron chi connectivity index (χ1n) is 6.99. The molecular formula is C15H22N4O2. The minimum absolute atomic E-state index is 0.136. The number of aliphatic hydroxyl groups is 1. The highest BCUT2D eigenvalue weighted by Gasteiger charge is 2.10. The van der Waals surface area contributed by atoms with Gasteiger partial charge in [-0.25, -0.2) is 10.8 Å². The predicted octanol–water partition coefficient (Wildman–Crippen LogP) is 1.34. The summed E-state index contributed by atoms with van der Waals surface area (Å²) in [4.78, 5) is 6.68. The smallest absolute Gasteiger partial charge is 0.145 e. The number of hydrazine groups is 1. The van der Waals surface area contributed by atoms with Gasteiger partial charge in [0, 0.05) is 30.1 Å². The van der Waals surface area contributed by atoms with E-state index >= 15 is 0 Å². The van der Waals surface area contributed by atoms with Crippen molar-refractivity contribution < 1.29 is 9.84 Å². The normalized spacial score (nSPS) is 11.1. The van der Waals surface area contributed by atoms with Gasteiger partial charge in [-0.15, -0.1) is 0 Å². The van der Waals surface area contributed by atoms with Crippen molar-refractivity contribution in [1.82, 2.24) is 9.88 Å². The number of nitrogen functional groups attached to an aromatic ring is 1. The van der Waals surface area contributed by atoms with Gasteiger partial charge >= 0.3 is 0 Å². The molecule has 0 aliphatic heterocycles. The maximum absolute atomic E-state index is 9.09. The average Bonchev–Trinajstić information content (AvgIpc) is 2.53. The van der Waals surface area contributed by atoms with Crippen LogP contribution in [0, 0.1) is 0 Å². The van der Waals surface area contributed by atoms with Crippen LogP contribution in [0.25, 0.3) is 10.9 Å². The SMILES string of the molecule is CCN(CCO)Cc1cc2ccc(OC)cc2nc1NN. The zero-order valence-electron chi connectivity index (χ0n) is 12.5. The molecule has 0 amide bonds. The maximum Gasteiger partial charge on any atom is 0.145 e. The molecule has 6 nitrogen and oxygen atoms in total. The first-order valence-corrected chi connectivity index (χ1v) is 6.99. The minimum Gasteiger partial charge on any atom is -0.497 e. The van der Waals surface area contributed by atoms with Crippen molar-refractivity contribution in [3.63, 3.8) is 0 Å². The molecule has 0 unspecified atom stereocenters. The highest BCUT2D eigenvalue weighted by atomic mass is 16.5. The molecule has 6 heteroatoms. The van der Waals surface area contributed by atoms with Gasteiger partial charge < -0.3 is 15.3 Å². The minimum atomic E-state index is 0.136. The van der Waals surface area contributed by atoms with Gasteiger partial charge in [-0.2, -0.15) is 0 Å². The van der Waals surface area contributed by atoms with E-state index in [0.29, 0.717) is 18.9 Å². The molecule has 0 radical (unpaired) electrons. The molecule has 2 rings (SSSR count). The molecule has 0 bridgehead atoms. The molecule has 1 heterocycles.